The molecular formula is C27H36F4N6O2S. The zero-order valence-corrected chi connectivity index (χ0v) is 23.8. The molecule has 0 atom stereocenters. The Morgan fingerprint density at radius 3 is 2.38 bits per heavy atom. The number of nitrogens with two attached hydrogens (primary N) is 1. The minimum atomic E-state index is -4.71. The van der Waals surface area contributed by atoms with E-state index in [-0.39, 0.29) is 23.7 Å². The van der Waals surface area contributed by atoms with Crippen LogP contribution in [-0.4, -0.2) is 36.7 Å². The summed E-state index contributed by atoms with van der Waals surface area (Å²) >= 11 is 0.857. The maximum absolute atomic E-state index is 14.2. The molecule has 4 rings (SSSR count). The van der Waals surface area contributed by atoms with Gasteiger partial charge in [0.1, 0.15) is 17.7 Å². The molecule has 0 saturated heterocycles. The highest BCUT2D eigenvalue weighted by Crippen LogP contribution is 2.36. The number of aromatic nitrogens is 4. The van der Waals surface area contributed by atoms with Gasteiger partial charge >= 0.3 is 6.18 Å². The van der Waals surface area contributed by atoms with Gasteiger partial charge in [-0.15, -0.1) is 0 Å². The number of hydrogen-bond donors (Lipinski definition) is 3. The number of nitrogens with one attached hydrogen (secondary N) is 1. The Morgan fingerprint density at radius 1 is 1.18 bits per heavy atom. The first kappa shape index (κ1) is 33.2. The normalized spacial score (nSPS) is 13.9. The summed E-state index contributed by atoms with van der Waals surface area (Å²) in [7, 11) is 0. The van der Waals surface area contributed by atoms with Crippen LogP contribution in [0.2, 0.25) is 0 Å². The number of benzene rings is 1. The predicted molar refractivity (Wildman–Crippen MR) is 148 cm³/mol. The Morgan fingerprint density at radius 2 is 1.85 bits per heavy atom. The van der Waals surface area contributed by atoms with E-state index in [1.54, 1.807) is 19.9 Å². The molecule has 0 bridgehead atoms. The van der Waals surface area contributed by atoms with Crippen molar-refractivity contribution in [2.45, 2.75) is 83.0 Å². The zero-order valence-electron chi connectivity index (χ0n) is 23.0. The maximum Gasteiger partial charge on any atom is 0.419 e. The molecule has 0 unspecified atom stereocenters. The van der Waals surface area contributed by atoms with Crippen molar-refractivity contribution >= 4 is 29.9 Å². The monoisotopic (exact) mass is 584 g/mol. The number of rotatable bonds is 7. The number of aldehydes is 1. The highest BCUT2D eigenvalue weighted by Gasteiger charge is 2.36. The summed E-state index contributed by atoms with van der Waals surface area (Å²) in [6.07, 6.45) is 5.73. The molecule has 40 heavy (non-hydrogen) atoms. The third kappa shape index (κ3) is 10.2. The van der Waals surface area contributed by atoms with Crippen molar-refractivity contribution in [3.8, 4) is 11.3 Å². The molecule has 1 saturated carbocycles. The number of nitrogens with zero attached hydrogens (tertiary/aromatic N) is 4. The number of carbonyl (C=O) groups excluding carboxylic acids is 1. The number of carbonyl (C=O) groups is 1. The first-order chi connectivity index (χ1) is 18.9. The van der Waals surface area contributed by atoms with Crippen LogP contribution in [0.4, 0.5) is 29.2 Å². The molecule has 8 nitrogen and oxygen atoms in total. The summed E-state index contributed by atoms with van der Waals surface area (Å²) in [5.41, 5.74) is -2.54. The van der Waals surface area contributed by atoms with Crippen molar-refractivity contribution < 1.29 is 27.5 Å². The fraction of sp³-hybridized carbons (Fsp3) is 0.481. The van der Waals surface area contributed by atoms with Crippen LogP contribution in [0.5, 0.6) is 0 Å². The van der Waals surface area contributed by atoms with E-state index in [2.05, 4.69) is 20.4 Å². The van der Waals surface area contributed by atoms with Gasteiger partial charge in [-0.1, -0.05) is 33.1 Å². The van der Waals surface area contributed by atoms with Gasteiger partial charge in [-0.05, 0) is 56.8 Å². The summed E-state index contributed by atoms with van der Waals surface area (Å²) in [5, 5.41) is 21.8. The molecule has 4 N–H and O–H groups in total. The quantitative estimate of drug-likeness (QED) is 0.158. The summed E-state index contributed by atoms with van der Waals surface area (Å²) in [5.74, 6) is -0.475. The lowest BCUT2D eigenvalue weighted by Crippen LogP contribution is -2.26. The number of aliphatic hydroxyl groups is 1. The summed E-state index contributed by atoms with van der Waals surface area (Å²) in [4.78, 5) is 18.3. The van der Waals surface area contributed by atoms with Crippen molar-refractivity contribution in [1.29, 1.82) is 0 Å². The summed E-state index contributed by atoms with van der Waals surface area (Å²) < 4.78 is 55.9. The van der Waals surface area contributed by atoms with Gasteiger partial charge in [-0.2, -0.15) is 18.3 Å². The molecule has 1 aliphatic rings. The standard InChI is InChI=1S/C18H18F4N6OS.C7H12O.C2H6/c1-17(2,29)9-28-8-10(6-25-28)15-12(18(20,21)22)7-24-16(27-15)26-14-4-3-11(30-23)5-13(14)19;8-6-7-4-2-1-3-5-7;1-2/h3-8,29H,9,23H2,1-2H3,(H,24,26,27);6-7H,1-5H2;1-2H3. The van der Waals surface area contributed by atoms with E-state index in [9.17, 15) is 27.5 Å². The highest BCUT2D eigenvalue weighted by molar-refractivity contribution is 7.97. The van der Waals surface area contributed by atoms with Crippen molar-refractivity contribution in [3.05, 3.63) is 48.2 Å². The van der Waals surface area contributed by atoms with Crippen LogP contribution in [0.1, 0.15) is 65.4 Å². The lowest BCUT2D eigenvalue weighted by atomic mass is 9.91. The van der Waals surface area contributed by atoms with Crippen LogP contribution in [-0.2, 0) is 17.5 Å². The molecule has 13 heteroatoms. The van der Waals surface area contributed by atoms with E-state index in [1.807, 2.05) is 13.8 Å². The average molecular weight is 585 g/mol. The van der Waals surface area contributed by atoms with Gasteiger partial charge in [0.15, 0.2) is 0 Å². The fourth-order valence-corrected chi connectivity index (χ4v) is 4.22. The second-order valence-corrected chi connectivity index (χ2v) is 10.3. The molecule has 3 aromatic rings. The largest absolute Gasteiger partial charge is 0.419 e. The second kappa shape index (κ2) is 15.1. The molecule has 2 aromatic heterocycles. The molecule has 1 fully saturated rings. The number of halogens is 4. The van der Waals surface area contributed by atoms with E-state index in [1.165, 1.54) is 48.5 Å². The smallest absolute Gasteiger partial charge is 0.389 e. The van der Waals surface area contributed by atoms with Crippen LogP contribution in [0, 0.1) is 11.7 Å². The summed E-state index contributed by atoms with van der Waals surface area (Å²) in [6.45, 7) is 7.16. The second-order valence-electron chi connectivity index (χ2n) is 9.61. The van der Waals surface area contributed by atoms with E-state index >= 15 is 0 Å². The molecule has 1 aliphatic carbocycles. The van der Waals surface area contributed by atoms with Crippen molar-refractivity contribution in [2.24, 2.45) is 11.1 Å². The lowest BCUT2D eigenvalue weighted by molar-refractivity contribution is -0.137. The molecular weight excluding hydrogens is 548 g/mol. The molecule has 2 heterocycles. The Balaban J connectivity index is 0.000000475. The van der Waals surface area contributed by atoms with Crippen molar-refractivity contribution in [2.75, 3.05) is 5.32 Å². The number of anilines is 2. The molecule has 0 aliphatic heterocycles. The van der Waals surface area contributed by atoms with Gasteiger partial charge in [0.05, 0.1) is 29.7 Å². The zero-order chi connectivity index (χ0) is 29.9. The number of alkyl halides is 3. The van der Waals surface area contributed by atoms with Gasteiger partial charge in [-0.25, -0.2) is 14.4 Å². The Kier molecular flexibility index (Phi) is 12.5. The van der Waals surface area contributed by atoms with Gasteiger partial charge in [0.25, 0.3) is 0 Å². The molecule has 0 radical (unpaired) electrons. The maximum atomic E-state index is 14.2. The van der Waals surface area contributed by atoms with E-state index in [0.29, 0.717) is 17.0 Å². The van der Waals surface area contributed by atoms with Crippen LogP contribution >= 0.6 is 11.9 Å². The third-order valence-electron chi connectivity index (χ3n) is 5.72. The van der Waals surface area contributed by atoms with E-state index in [4.69, 9.17) is 5.14 Å². The summed E-state index contributed by atoms with van der Waals surface area (Å²) in [6, 6.07) is 4.10. The topological polar surface area (TPSA) is 119 Å². The van der Waals surface area contributed by atoms with Gasteiger partial charge in [0.2, 0.25) is 5.95 Å². The SMILES string of the molecule is CC.CC(C)(O)Cn1cc(-c2nc(Nc3ccc(SN)cc3F)ncc2C(F)(F)F)cn1.O=CC1CCCCC1. The Hall–Kier alpha value is -3.03. The van der Waals surface area contributed by atoms with Gasteiger partial charge < -0.3 is 15.2 Å². The molecule has 0 spiro atoms. The third-order valence-corrected chi connectivity index (χ3v) is 6.24. The first-order valence-corrected chi connectivity index (χ1v) is 13.9. The van der Waals surface area contributed by atoms with Crippen molar-refractivity contribution in [1.82, 2.24) is 19.7 Å². The number of hydrogen-bond acceptors (Lipinski definition) is 8. The molecule has 1 aromatic carbocycles. The van der Waals surface area contributed by atoms with E-state index in [0.717, 1.165) is 31.1 Å². The highest BCUT2D eigenvalue weighted by atomic mass is 32.2. The van der Waals surface area contributed by atoms with E-state index < -0.39 is 28.9 Å². The van der Waals surface area contributed by atoms with Crippen LogP contribution in [0.3, 0.4) is 0 Å². The minimum absolute atomic E-state index is 0.0174. The Bertz CT molecular complexity index is 1220. The van der Waals surface area contributed by atoms with Crippen LogP contribution < -0.4 is 10.5 Å². The first-order valence-electron chi connectivity index (χ1n) is 13.0. The molecule has 220 valence electrons. The average Bonchev–Trinajstić information content (AvgIpc) is 3.38. The lowest BCUT2D eigenvalue weighted by Gasteiger charge is -2.16. The minimum Gasteiger partial charge on any atom is -0.389 e. The van der Waals surface area contributed by atoms with Crippen molar-refractivity contribution in [3.63, 3.8) is 0 Å². The van der Waals surface area contributed by atoms with Gasteiger partial charge in [-0.3, -0.25) is 9.82 Å². The predicted octanol–water partition coefficient (Wildman–Crippen LogP) is 6.77. The Labute approximate surface area is 235 Å². The molecule has 0 amide bonds. The van der Waals surface area contributed by atoms with Gasteiger partial charge in [0, 0.05) is 28.8 Å². The fourth-order valence-electron chi connectivity index (χ4n) is 3.90. The van der Waals surface area contributed by atoms with Crippen LogP contribution in [0.15, 0.2) is 41.7 Å². The van der Waals surface area contributed by atoms with Crippen LogP contribution in [0.25, 0.3) is 11.3 Å².